The smallest absolute Gasteiger partial charge is 0.303 e. The van der Waals surface area contributed by atoms with Crippen molar-refractivity contribution in [3.05, 3.63) is 0 Å². The van der Waals surface area contributed by atoms with Crippen molar-refractivity contribution in [2.45, 2.75) is 51.7 Å². The number of carboxylic acids is 1. The fourth-order valence-corrected chi connectivity index (χ4v) is 3.22. The Balaban J connectivity index is 2.42. The lowest BCUT2D eigenvalue weighted by Crippen LogP contribution is -2.25. The van der Waals surface area contributed by atoms with Gasteiger partial charge in [-0.25, -0.2) is 0 Å². The summed E-state index contributed by atoms with van der Waals surface area (Å²) in [7, 11) is 0.135. The Kier molecular flexibility index (Phi) is 5.32. The maximum Gasteiger partial charge on any atom is 0.303 e. The van der Waals surface area contributed by atoms with Gasteiger partial charge in [0.2, 0.25) is 0 Å². The molecule has 0 aromatic heterocycles. The van der Waals surface area contributed by atoms with E-state index in [-0.39, 0.29) is 28.8 Å². The minimum absolute atomic E-state index is 0.135. The van der Waals surface area contributed by atoms with Crippen molar-refractivity contribution in [1.82, 2.24) is 0 Å². The summed E-state index contributed by atoms with van der Waals surface area (Å²) >= 11 is 0. The number of thiol groups is 1. The molecule has 1 fully saturated rings. The second-order valence-electron chi connectivity index (χ2n) is 5.96. The van der Waals surface area contributed by atoms with E-state index in [0.29, 0.717) is 12.5 Å². The van der Waals surface area contributed by atoms with Crippen LogP contribution in [0.15, 0.2) is 0 Å². The van der Waals surface area contributed by atoms with Crippen LogP contribution in [-0.2, 0) is 9.53 Å². The number of hydrogen-bond acceptors (Lipinski definition) is 2. The Morgan fingerprint density at radius 3 is 2.59 bits per heavy atom. The molecule has 1 rings (SSSR count). The maximum atomic E-state index is 10.6. The first-order valence-electron chi connectivity index (χ1n) is 6.33. The van der Waals surface area contributed by atoms with Crippen LogP contribution in [0.2, 0.25) is 0 Å². The predicted octanol–water partition coefficient (Wildman–Crippen LogP) is 2.69. The summed E-state index contributed by atoms with van der Waals surface area (Å²) in [6, 6.07) is 0. The number of carbonyl (C=O) groups is 1. The van der Waals surface area contributed by atoms with Crippen molar-refractivity contribution in [3.63, 3.8) is 0 Å². The molecular weight excluding hydrogens is 236 g/mol. The SMILES string of the molecule is C[SH](C)CCC1OC(CCC(=O)O)CC1(C)C. The molecule has 1 N–H and O–H groups in total. The van der Waals surface area contributed by atoms with Crippen LogP contribution in [0.1, 0.15) is 39.5 Å². The molecule has 1 heterocycles. The van der Waals surface area contributed by atoms with Gasteiger partial charge < -0.3 is 9.84 Å². The Labute approximate surface area is 107 Å². The zero-order chi connectivity index (χ0) is 13.1. The molecule has 0 aromatic rings. The van der Waals surface area contributed by atoms with Crippen molar-refractivity contribution in [2.24, 2.45) is 5.41 Å². The Bertz CT molecular complexity index is 263. The molecule has 3 nitrogen and oxygen atoms in total. The van der Waals surface area contributed by atoms with Crippen LogP contribution in [0, 0.1) is 5.41 Å². The van der Waals surface area contributed by atoms with Crippen molar-refractivity contribution >= 4 is 16.9 Å². The highest BCUT2D eigenvalue weighted by Crippen LogP contribution is 2.41. The van der Waals surface area contributed by atoms with Crippen LogP contribution in [0.3, 0.4) is 0 Å². The molecule has 0 bridgehead atoms. The average Bonchev–Trinajstić information content (AvgIpc) is 2.47. The molecule has 2 atom stereocenters. The van der Waals surface area contributed by atoms with E-state index in [9.17, 15) is 4.79 Å². The summed E-state index contributed by atoms with van der Waals surface area (Å²) in [6.07, 6.45) is 8.03. The molecule has 0 aliphatic carbocycles. The van der Waals surface area contributed by atoms with E-state index < -0.39 is 5.97 Å². The van der Waals surface area contributed by atoms with E-state index in [4.69, 9.17) is 9.84 Å². The van der Waals surface area contributed by atoms with Crippen molar-refractivity contribution in [2.75, 3.05) is 18.3 Å². The number of aliphatic carboxylic acids is 1. The zero-order valence-corrected chi connectivity index (χ0v) is 12.3. The summed E-state index contributed by atoms with van der Waals surface area (Å²) in [4.78, 5) is 10.6. The Hall–Kier alpha value is -0.220. The van der Waals surface area contributed by atoms with E-state index in [1.807, 2.05) is 0 Å². The van der Waals surface area contributed by atoms with E-state index >= 15 is 0 Å². The highest BCUT2D eigenvalue weighted by Gasteiger charge is 2.40. The first kappa shape index (κ1) is 14.8. The molecule has 4 heteroatoms. The number of ether oxygens (including phenoxy) is 1. The molecule has 17 heavy (non-hydrogen) atoms. The topological polar surface area (TPSA) is 46.5 Å². The van der Waals surface area contributed by atoms with Crippen LogP contribution in [0.4, 0.5) is 0 Å². The van der Waals surface area contributed by atoms with Gasteiger partial charge in [-0.05, 0) is 42.9 Å². The minimum atomic E-state index is -0.722. The molecular formula is C13H26O3S. The van der Waals surface area contributed by atoms with Gasteiger partial charge in [0.25, 0.3) is 0 Å². The van der Waals surface area contributed by atoms with Crippen LogP contribution < -0.4 is 0 Å². The fourth-order valence-electron chi connectivity index (χ4n) is 2.47. The van der Waals surface area contributed by atoms with Gasteiger partial charge in [-0.2, -0.15) is 0 Å². The van der Waals surface area contributed by atoms with Crippen molar-refractivity contribution in [1.29, 1.82) is 0 Å². The van der Waals surface area contributed by atoms with Crippen LogP contribution in [-0.4, -0.2) is 41.5 Å². The molecule has 0 saturated carbocycles. The minimum Gasteiger partial charge on any atom is -0.481 e. The monoisotopic (exact) mass is 262 g/mol. The standard InChI is InChI=1S/C13H26O3S/c1-13(2)9-10(5-6-12(14)15)16-11(13)7-8-17(3)4/h10-11,17H,5-9H2,1-4H3,(H,14,15). The third-order valence-corrected chi connectivity index (χ3v) is 4.65. The molecule has 0 spiro atoms. The second kappa shape index (κ2) is 6.10. The lowest BCUT2D eigenvalue weighted by molar-refractivity contribution is -0.137. The van der Waals surface area contributed by atoms with Gasteiger partial charge in [0.15, 0.2) is 0 Å². The number of hydrogen-bond donors (Lipinski definition) is 2. The first-order chi connectivity index (χ1) is 7.81. The second-order valence-corrected chi connectivity index (χ2v) is 8.57. The number of carboxylic acid groups (broad SMARTS) is 1. The molecule has 0 radical (unpaired) electrons. The predicted molar refractivity (Wildman–Crippen MR) is 74.2 cm³/mol. The molecule has 0 amide bonds. The Morgan fingerprint density at radius 2 is 2.06 bits per heavy atom. The lowest BCUT2D eigenvalue weighted by atomic mass is 9.82. The highest BCUT2D eigenvalue weighted by atomic mass is 32.2. The lowest BCUT2D eigenvalue weighted by Gasteiger charge is -2.26. The summed E-state index contributed by atoms with van der Waals surface area (Å²) < 4.78 is 6.02. The third-order valence-electron chi connectivity index (χ3n) is 3.50. The number of rotatable bonds is 6. The summed E-state index contributed by atoms with van der Waals surface area (Å²) in [5.41, 5.74) is 0.203. The molecule has 1 aliphatic heterocycles. The molecule has 2 unspecified atom stereocenters. The summed E-state index contributed by atoms with van der Waals surface area (Å²) in [6.45, 7) is 4.48. The summed E-state index contributed by atoms with van der Waals surface area (Å²) in [5, 5.41) is 8.69. The largest absolute Gasteiger partial charge is 0.481 e. The van der Waals surface area contributed by atoms with Crippen molar-refractivity contribution in [3.8, 4) is 0 Å². The highest BCUT2D eigenvalue weighted by molar-refractivity contribution is 8.15. The van der Waals surface area contributed by atoms with E-state index in [1.165, 1.54) is 5.75 Å². The molecule has 0 aromatic carbocycles. The quantitative estimate of drug-likeness (QED) is 0.724. The summed E-state index contributed by atoms with van der Waals surface area (Å²) in [5.74, 6) is 0.523. The van der Waals surface area contributed by atoms with Gasteiger partial charge in [0.05, 0.1) is 12.2 Å². The average molecular weight is 262 g/mol. The molecule has 102 valence electrons. The fraction of sp³-hybridized carbons (Fsp3) is 0.923. The molecule has 1 saturated heterocycles. The van der Waals surface area contributed by atoms with E-state index in [0.717, 1.165) is 12.8 Å². The van der Waals surface area contributed by atoms with Gasteiger partial charge in [-0.3, -0.25) is 15.7 Å². The zero-order valence-electron chi connectivity index (χ0n) is 11.4. The van der Waals surface area contributed by atoms with Gasteiger partial charge in [-0.15, -0.1) is 0 Å². The van der Waals surface area contributed by atoms with Crippen LogP contribution >= 0.6 is 10.9 Å². The first-order valence-corrected chi connectivity index (χ1v) is 8.75. The van der Waals surface area contributed by atoms with Gasteiger partial charge in [0, 0.05) is 6.42 Å². The van der Waals surface area contributed by atoms with Gasteiger partial charge >= 0.3 is 5.97 Å². The Morgan fingerprint density at radius 1 is 1.41 bits per heavy atom. The van der Waals surface area contributed by atoms with Gasteiger partial charge in [-0.1, -0.05) is 13.8 Å². The van der Waals surface area contributed by atoms with Gasteiger partial charge in [0.1, 0.15) is 0 Å². The van der Waals surface area contributed by atoms with Crippen LogP contribution in [0.5, 0.6) is 0 Å². The normalized spacial score (nSPS) is 28.1. The van der Waals surface area contributed by atoms with Crippen LogP contribution in [0.25, 0.3) is 0 Å². The van der Waals surface area contributed by atoms with E-state index in [2.05, 4.69) is 26.4 Å². The maximum absolute atomic E-state index is 10.6. The molecule has 1 aliphatic rings. The van der Waals surface area contributed by atoms with Crippen molar-refractivity contribution < 1.29 is 14.6 Å². The van der Waals surface area contributed by atoms with E-state index in [1.54, 1.807) is 0 Å². The third kappa shape index (κ3) is 4.88.